The van der Waals surface area contributed by atoms with E-state index in [9.17, 15) is 38.4 Å². The maximum absolute atomic E-state index is 12.1. The minimum Gasteiger partial charge on any atom is -0.463 e. The molecule has 2 aliphatic rings. The Labute approximate surface area is 340 Å². The second-order valence-corrected chi connectivity index (χ2v) is 13.1. The number of esters is 8. The van der Waals surface area contributed by atoms with Crippen molar-refractivity contribution in [1.29, 1.82) is 0 Å². The quantitative estimate of drug-likeness (QED) is 0.155. The first-order chi connectivity index (χ1) is 28.3. The summed E-state index contributed by atoms with van der Waals surface area (Å²) in [6, 6.07) is 2.82. The molecule has 0 radical (unpaired) electrons. The molecule has 0 spiro atoms. The van der Waals surface area contributed by atoms with Gasteiger partial charge in [0.1, 0.15) is 50.0 Å². The molecule has 24 heteroatoms. The first-order valence-electron chi connectivity index (χ1n) is 18.1. The van der Waals surface area contributed by atoms with Crippen molar-refractivity contribution in [1.82, 2.24) is 10.3 Å². The van der Waals surface area contributed by atoms with Crippen LogP contribution in [0.4, 0.5) is 0 Å². The molecule has 2 aromatic heterocycles. The van der Waals surface area contributed by atoms with Gasteiger partial charge in [0.25, 0.3) is 0 Å². The van der Waals surface area contributed by atoms with Crippen molar-refractivity contribution in [3.8, 4) is 11.4 Å². The van der Waals surface area contributed by atoms with E-state index in [1.807, 2.05) is 0 Å². The highest BCUT2D eigenvalue weighted by atomic mass is 16.8. The molecule has 0 saturated carbocycles. The largest absolute Gasteiger partial charge is 0.463 e. The van der Waals surface area contributed by atoms with Gasteiger partial charge in [-0.25, -0.2) is 0 Å². The molecule has 24 nitrogen and oxygen atoms in total. The van der Waals surface area contributed by atoms with Crippen LogP contribution in [0.2, 0.25) is 0 Å². The standard InChI is InChI=1S/C36H44N2O22/c1-15(39)47-13-27-29(51-17(3)41)31(53-19(5)43)33(55-21(7)45)35(57-27)49-11-23-9-25(37-59-23)26-10-24(60-38-26)12-50-36-34(56-22(8)46)32(54-20(6)44)30(52-18(4)42)28(58-36)14-48-16(2)40/h9-10,27-36H,11-14H2,1-8H3/t27-,28-,29-,30-,31+,32+,33+,34+,35+,36+/m1/s1. The second kappa shape index (κ2) is 21.3. The normalized spacial score (nSPS) is 26.1. The highest BCUT2D eigenvalue weighted by Crippen LogP contribution is 2.33. The predicted octanol–water partition coefficient (Wildman–Crippen LogP) is 0.529. The van der Waals surface area contributed by atoms with E-state index in [4.69, 9.17) is 65.9 Å². The third-order valence-corrected chi connectivity index (χ3v) is 8.06. The van der Waals surface area contributed by atoms with Gasteiger partial charge in [-0.3, -0.25) is 38.4 Å². The van der Waals surface area contributed by atoms with Crippen LogP contribution >= 0.6 is 0 Å². The lowest BCUT2D eigenvalue weighted by molar-refractivity contribution is -0.311. The van der Waals surface area contributed by atoms with Crippen molar-refractivity contribution in [2.45, 2.75) is 130 Å². The van der Waals surface area contributed by atoms with Gasteiger partial charge in [-0.2, -0.15) is 0 Å². The van der Waals surface area contributed by atoms with Crippen molar-refractivity contribution in [2.75, 3.05) is 13.2 Å². The zero-order chi connectivity index (χ0) is 44.3. The van der Waals surface area contributed by atoms with Crippen LogP contribution in [0.5, 0.6) is 0 Å². The Bertz CT molecular complexity index is 1740. The van der Waals surface area contributed by atoms with Crippen LogP contribution in [-0.2, 0) is 108 Å². The van der Waals surface area contributed by atoms with Crippen LogP contribution < -0.4 is 0 Å². The fourth-order valence-corrected chi connectivity index (χ4v) is 5.98. The van der Waals surface area contributed by atoms with Gasteiger partial charge in [0.15, 0.2) is 60.7 Å². The van der Waals surface area contributed by atoms with Crippen LogP contribution in [0.1, 0.15) is 66.9 Å². The van der Waals surface area contributed by atoms with Gasteiger partial charge in [-0.1, -0.05) is 10.3 Å². The lowest BCUT2D eigenvalue weighted by Gasteiger charge is -2.43. The van der Waals surface area contributed by atoms with Crippen molar-refractivity contribution in [3.05, 3.63) is 23.7 Å². The summed E-state index contributed by atoms with van der Waals surface area (Å²) in [5.41, 5.74) is 0.273. The number of rotatable bonds is 17. The average Bonchev–Trinajstić information content (AvgIpc) is 3.81. The zero-order valence-electron chi connectivity index (χ0n) is 33.6. The Kier molecular flexibility index (Phi) is 16.6. The molecule has 2 fully saturated rings. The molecule has 10 atom stereocenters. The van der Waals surface area contributed by atoms with Gasteiger partial charge in [-0.15, -0.1) is 0 Å². The van der Waals surface area contributed by atoms with Crippen molar-refractivity contribution in [3.63, 3.8) is 0 Å². The summed E-state index contributed by atoms with van der Waals surface area (Å²) in [6.07, 6.45) is -14.1. The topological polar surface area (TPSA) is 299 Å². The number of nitrogens with zero attached hydrogens (tertiary/aromatic N) is 2. The van der Waals surface area contributed by atoms with Gasteiger partial charge in [-0.05, 0) is 0 Å². The summed E-state index contributed by atoms with van der Waals surface area (Å²) in [7, 11) is 0. The maximum Gasteiger partial charge on any atom is 0.303 e. The Balaban J connectivity index is 1.51. The molecule has 0 unspecified atom stereocenters. The van der Waals surface area contributed by atoms with Gasteiger partial charge >= 0.3 is 47.8 Å². The van der Waals surface area contributed by atoms with Crippen LogP contribution in [0, 0.1) is 0 Å². The lowest BCUT2D eigenvalue weighted by Crippen LogP contribution is -2.62. The summed E-state index contributed by atoms with van der Waals surface area (Å²) < 4.78 is 76.8. The number of aromatic nitrogens is 2. The number of ether oxygens (including phenoxy) is 12. The third kappa shape index (κ3) is 13.5. The molecule has 0 aliphatic carbocycles. The molecule has 4 rings (SSSR count). The fourth-order valence-electron chi connectivity index (χ4n) is 5.98. The average molecular weight is 857 g/mol. The van der Waals surface area contributed by atoms with Gasteiger partial charge in [0.05, 0.1) is 0 Å². The van der Waals surface area contributed by atoms with E-state index in [-0.39, 0.29) is 22.9 Å². The molecule has 0 aromatic carbocycles. The van der Waals surface area contributed by atoms with Crippen molar-refractivity contribution in [2.24, 2.45) is 0 Å². The Hall–Kier alpha value is -5.98. The van der Waals surface area contributed by atoms with Gasteiger partial charge < -0.3 is 65.9 Å². The molecule has 0 N–H and O–H groups in total. The molecule has 330 valence electrons. The molecular formula is C36H44N2O22. The number of carbonyl (C=O) groups is 8. The molecule has 2 aromatic rings. The van der Waals surface area contributed by atoms with Crippen LogP contribution in [-0.4, -0.2) is 133 Å². The first-order valence-corrected chi connectivity index (χ1v) is 18.1. The third-order valence-electron chi connectivity index (χ3n) is 8.06. The minimum absolute atomic E-state index is 0.0798. The molecule has 2 aliphatic heterocycles. The highest BCUT2D eigenvalue weighted by Gasteiger charge is 2.54. The highest BCUT2D eigenvalue weighted by molar-refractivity contribution is 5.70. The number of hydrogen-bond donors (Lipinski definition) is 0. The van der Waals surface area contributed by atoms with Crippen molar-refractivity contribution >= 4 is 47.8 Å². The molecular weight excluding hydrogens is 812 g/mol. The van der Waals surface area contributed by atoms with E-state index in [0.29, 0.717) is 0 Å². The molecule has 0 bridgehead atoms. The zero-order valence-corrected chi connectivity index (χ0v) is 33.6. The minimum atomic E-state index is -1.49. The molecule has 60 heavy (non-hydrogen) atoms. The van der Waals surface area contributed by atoms with E-state index in [1.54, 1.807) is 0 Å². The monoisotopic (exact) mass is 856 g/mol. The smallest absolute Gasteiger partial charge is 0.303 e. The van der Waals surface area contributed by atoms with Crippen LogP contribution in [0.3, 0.4) is 0 Å². The van der Waals surface area contributed by atoms with Gasteiger partial charge in [0.2, 0.25) is 0 Å². The van der Waals surface area contributed by atoms with Crippen molar-refractivity contribution < 1.29 is 104 Å². The van der Waals surface area contributed by atoms with Crippen LogP contribution in [0.15, 0.2) is 21.2 Å². The van der Waals surface area contributed by atoms with E-state index < -0.39 is 136 Å². The second-order valence-electron chi connectivity index (χ2n) is 13.1. The summed E-state index contributed by atoms with van der Waals surface area (Å²) in [6.45, 7) is 7.06. The van der Waals surface area contributed by atoms with Crippen LogP contribution in [0.25, 0.3) is 11.4 Å². The molecule has 4 heterocycles. The fraction of sp³-hybridized carbons (Fsp3) is 0.611. The summed E-state index contributed by atoms with van der Waals surface area (Å²) in [5, 5.41) is 7.92. The number of hydrogen-bond acceptors (Lipinski definition) is 24. The van der Waals surface area contributed by atoms with E-state index in [1.165, 1.54) is 12.1 Å². The Morgan fingerprint density at radius 1 is 0.450 bits per heavy atom. The SMILES string of the molecule is CC(=O)OC[C@H]1O[C@H](OCc2cc(-c3cc(CO[C@H]4O[C@H](COC(C)=O)[C@@H](OC(C)=O)[C@H](OC(C)=O)[C@@H]4OC(C)=O)on3)no2)[C@@H](OC(C)=O)[C@@H](OC(C)=O)[C@@H]1OC(C)=O. The lowest BCUT2D eigenvalue weighted by atomic mass is 9.98. The first kappa shape index (κ1) is 46.7. The summed E-state index contributed by atoms with van der Waals surface area (Å²) in [4.78, 5) is 95.7. The Morgan fingerprint density at radius 2 is 0.750 bits per heavy atom. The maximum atomic E-state index is 12.1. The van der Waals surface area contributed by atoms with E-state index in [2.05, 4.69) is 10.3 Å². The van der Waals surface area contributed by atoms with E-state index in [0.717, 1.165) is 55.4 Å². The van der Waals surface area contributed by atoms with Gasteiger partial charge in [0, 0.05) is 67.5 Å². The summed E-state index contributed by atoms with van der Waals surface area (Å²) >= 11 is 0. The summed E-state index contributed by atoms with van der Waals surface area (Å²) in [5.74, 6) is -6.12. The molecule has 2 saturated heterocycles. The number of carbonyl (C=O) groups excluding carboxylic acids is 8. The van der Waals surface area contributed by atoms with E-state index >= 15 is 0 Å². The predicted molar refractivity (Wildman–Crippen MR) is 185 cm³/mol. The Morgan fingerprint density at radius 3 is 1.05 bits per heavy atom. The molecule has 0 amide bonds.